The summed E-state index contributed by atoms with van der Waals surface area (Å²) in [5.74, 6) is -0.403. The third kappa shape index (κ3) is 5.28. The van der Waals surface area contributed by atoms with Gasteiger partial charge in [-0.3, -0.25) is 4.79 Å². The van der Waals surface area contributed by atoms with E-state index in [0.717, 1.165) is 25.7 Å². The number of rotatable bonds is 3. The van der Waals surface area contributed by atoms with Crippen LogP contribution >= 0.6 is 0 Å². The molecule has 0 aromatic heterocycles. The zero-order valence-corrected chi connectivity index (χ0v) is 13.2. The number of nitrogens with one attached hydrogen (secondary N) is 1. The van der Waals surface area contributed by atoms with E-state index >= 15 is 0 Å². The van der Waals surface area contributed by atoms with Crippen LogP contribution in [0.4, 0.5) is 5.69 Å². The van der Waals surface area contributed by atoms with Crippen molar-refractivity contribution < 1.29 is 4.79 Å². The van der Waals surface area contributed by atoms with Crippen molar-refractivity contribution in [2.24, 2.45) is 27.2 Å². The third-order valence-corrected chi connectivity index (χ3v) is 3.82. The van der Waals surface area contributed by atoms with Gasteiger partial charge in [-0.05, 0) is 25.0 Å². The molecule has 1 aromatic carbocycles. The summed E-state index contributed by atoms with van der Waals surface area (Å²) < 4.78 is 0. The van der Waals surface area contributed by atoms with E-state index in [0.29, 0.717) is 11.3 Å². The van der Waals surface area contributed by atoms with E-state index < -0.39 is 0 Å². The van der Waals surface area contributed by atoms with Crippen LogP contribution in [0.5, 0.6) is 0 Å². The lowest BCUT2D eigenvalue weighted by atomic mass is 10.1. The van der Waals surface area contributed by atoms with Gasteiger partial charge in [0.05, 0.1) is 11.3 Å². The average molecular weight is 316 g/mol. The predicted molar refractivity (Wildman–Crippen MR) is 92.5 cm³/mol. The summed E-state index contributed by atoms with van der Waals surface area (Å²) in [6, 6.07) is 7.21. The van der Waals surface area contributed by atoms with E-state index in [9.17, 15) is 4.79 Å². The molecule has 0 radical (unpaired) electrons. The molecule has 124 valence electrons. The van der Waals surface area contributed by atoms with Crippen molar-refractivity contribution in [2.75, 3.05) is 0 Å². The zero-order chi connectivity index (χ0) is 16.7. The number of nitrogens with zero attached hydrogens (tertiary/aromatic N) is 2. The lowest BCUT2D eigenvalue weighted by Crippen LogP contribution is -2.34. The summed E-state index contributed by atoms with van der Waals surface area (Å²) in [5.41, 5.74) is 17.1. The van der Waals surface area contributed by atoms with Crippen molar-refractivity contribution in [3.05, 3.63) is 29.8 Å². The minimum atomic E-state index is -0.174. The monoisotopic (exact) mass is 316 g/mol. The standard InChI is InChI=1S/C16H24N6O/c17-15(18)22-16(19)21-13-10-6-5-9-12(13)14(23)20-11-7-3-1-2-4-8-11/h5-6,9-11H,1-4,7-8H2,(H,20,23)(H6,17,18,19,21,22). The Bertz CT molecular complexity index is 598. The third-order valence-electron chi connectivity index (χ3n) is 3.82. The number of nitrogens with two attached hydrogens (primary N) is 3. The van der Waals surface area contributed by atoms with Gasteiger partial charge in [0, 0.05) is 6.04 Å². The molecule has 7 nitrogen and oxygen atoms in total. The fourth-order valence-corrected chi connectivity index (χ4v) is 2.73. The van der Waals surface area contributed by atoms with Gasteiger partial charge < -0.3 is 22.5 Å². The highest BCUT2D eigenvalue weighted by atomic mass is 16.1. The van der Waals surface area contributed by atoms with Crippen LogP contribution in [-0.2, 0) is 0 Å². The topological polar surface area (TPSA) is 132 Å². The molecule has 0 saturated heterocycles. The molecule has 2 rings (SSSR count). The molecule has 0 aliphatic heterocycles. The molecule has 0 spiro atoms. The Morgan fingerprint density at radius 3 is 2.35 bits per heavy atom. The van der Waals surface area contributed by atoms with Gasteiger partial charge in [0.15, 0.2) is 5.96 Å². The van der Waals surface area contributed by atoms with Gasteiger partial charge in [0.2, 0.25) is 5.96 Å². The van der Waals surface area contributed by atoms with Crippen LogP contribution in [0.25, 0.3) is 0 Å². The van der Waals surface area contributed by atoms with Gasteiger partial charge in [-0.15, -0.1) is 0 Å². The lowest BCUT2D eigenvalue weighted by Gasteiger charge is -2.16. The van der Waals surface area contributed by atoms with E-state index in [1.807, 2.05) is 0 Å². The van der Waals surface area contributed by atoms with Crippen LogP contribution in [0.15, 0.2) is 34.3 Å². The SMILES string of the molecule is NC(N)=NC(N)=Nc1ccccc1C(=O)NC1CCCCCC1. The first kappa shape index (κ1) is 16.8. The van der Waals surface area contributed by atoms with Crippen LogP contribution in [0, 0.1) is 0 Å². The van der Waals surface area contributed by atoms with Crippen molar-refractivity contribution in [1.82, 2.24) is 5.32 Å². The molecule has 0 heterocycles. The van der Waals surface area contributed by atoms with E-state index in [1.54, 1.807) is 24.3 Å². The van der Waals surface area contributed by atoms with Crippen molar-refractivity contribution in [3.8, 4) is 0 Å². The number of hydrogen-bond acceptors (Lipinski definition) is 2. The second-order valence-electron chi connectivity index (χ2n) is 5.69. The minimum absolute atomic E-state index is 0.0836. The van der Waals surface area contributed by atoms with Crippen LogP contribution in [-0.4, -0.2) is 23.9 Å². The lowest BCUT2D eigenvalue weighted by molar-refractivity contribution is 0.0934. The number of carbonyl (C=O) groups excluding carboxylic acids is 1. The molecule has 7 heteroatoms. The maximum Gasteiger partial charge on any atom is 0.253 e. The molecule has 1 aliphatic rings. The largest absolute Gasteiger partial charge is 0.370 e. The Hall–Kier alpha value is -2.57. The molecule has 1 fully saturated rings. The van der Waals surface area contributed by atoms with Gasteiger partial charge >= 0.3 is 0 Å². The van der Waals surface area contributed by atoms with Gasteiger partial charge in [-0.25, -0.2) is 4.99 Å². The van der Waals surface area contributed by atoms with Crippen molar-refractivity contribution >= 4 is 23.5 Å². The van der Waals surface area contributed by atoms with E-state index in [4.69, 9.17) is 17.2 Å². The van der Waals surface area contributed by atoms with Crippen molar-refractivity contribution in [2.45, 2.75) is 44.6 Å². The molecule has 0 bridgehead atoms. The molecule has 1 saturated carbocycles. The number of guanidine groups is 2. The average Bonchev–Trinajstić information content (AvgIpc) is 2.75. The predicted octanol–water partition coefficient (Wildman–Crippen LogP) is 1.36. The smallest absolute Gasteiger partial charge is 0.253 e. The first-order valence-corrected chi connectivity index (χ1v) is 7.90. The summed E-state index contributed by atoms with van der Waals surface area (Å²) in [4.78, 5) is 20.3. The molecular formula is C16H24N6O. The Labute approximate surface area is 136 Å². The number of aliphatic imine (C=N–C) groups is 2. The summed E-state index contributed by atoms with van der Waals surface area (Å²) in [6.45, 7) is 0. The fourth-order valence-electron chi connectivity index (χ4n) is 2.73. The quantitative estimate of drug-likeness (QED) is 0.381. The molecular weight excluding hydrogens is 292 g/mol. The maximum atomic E-state index is 12.5. The summed E-state index contributed by atoms with van der Waals surface area (Å²) in [7, 11) is 0. The highest BCUT2D eigenvalue weighted by Crippen LogP contribution is 2.21. The second-order valence-corrected chi connectivity index (χ2v) is 5.69. The molecule has 1 aliphatic carbocycles. The molecule has 7 N–H and O–H groups in total. The highest BCUT2D eigenvalue weighted by molar-refractivity contribution is 6.01. The molecule has 0 unspecified atom stereocenters. The van der Waals surface area contributed by atoms with E-state index in [-0.39, 0.29) is 23.9 Å². The Kier molecular flexibility index (Phi) is 5.96. The van der Waals surface area contributed by atoms with Gasteiger partial charge in [0.25, 0.3) is 5.91 Å². The van der Waals surface area contributed by atoms with E-state index in [1.165, 1.54) is 12.8 Å². The Balaban J connectivity index is 2.15. The summed E-state index contributed by atoms with van der Waals surface area (Å²) >= 11 is 0. The Morgan fingerprint density at radius 1 is 1.04 bits per heavy atom. The number of benzene rings is 1. The number of hydrogen-bond donors (Lipinski definition) is 4. The molecule has 0 atom stereocenters. The summed E-state index contributed by atoms with van der Waals surface area (Å²) in [5, 5.41) is 3.10. The van der Waals surface area contributed by atoms with Gasteiger partial charge in [-0.1, -0.05) is 37.8 Å². The normalized spacial score (nSPS) is 16.4. The van der Waals surface area contributed by atoms with Crippen LogP contribution in [0.3, 0.4) is 0 Å². The van der Waals surface area contributed by atoms with Crippen molar-refractivity contribution in [3.63, 3.8) is 0 Å². The molecule has 23 heavy (non-hydrogen) atoms. The molecule has 1 amide bonds. The first-order chi connectivity index (χ1) is 11.1. The highest BCUT2D eigenvalue weighted by Gasteiger charge is 2.17. The first-order valence-electron chi connectivity index (χ1n) is 7.90. The number of carbonyl (C=O) groups is 1. The minimum Gasteiger partial charge on any atom is -0.370 e. The van der Waals surface area contributed by atoms with Gasteiger partial charge in [0.1, 0.15) is 0 Å². The number of amides is 1. The Morgan fingerprint density at radius 2 is 1.70 bits per heavy atom. The molecule has 1 aromatic rings. The van der Waals surface area contributed by atoms with Crippen LogP contribution in [0.2, 0.25) is 0 Å². The summed E-state index contributed by atoms with van der Waals surface area (Å²) in [6.07, 6.45) is 6.83. The zero-order valence-electron chi connectivity index (χ0n) is 13.2. The van der Waals surface area contributed by atoms with E-state index in [2.05, 4.69) is 15.3 Å². The number of para-hydroxylation sites is 1. The maximum absolute atomic E-state index is 12.5. The van der Waals surface area contributed by atoms with Crippen LogP contribution < -0.4 is 22.5 Å². The van der Waals surface area contributed by atoms with Crippen molar-refractivity contribution in [1.29, 1.82) is 0 Å². The van der Waals surface area contributed by atoms with Crippen LogP contribution in [0.1, 0.15) is 48.9 Å². The fraction of sp³-hybridized carbons (Fsp3) is 0.438. The second kappa shape index (κ2) is 8.17. The van der Waals surface area contributed by atoms with Gasteiger partial charge in [-0.2, -0.15) is 4.99 Å².